The first-order chi connectivity index (χ1) is 12.6. The van der Waals surface area contributed by atoms with E-state index in [0.29, 0.717) is 30.3 Å². The Balaban J connectivity index is 1.56. The topological polar surface area (TPSA) is 58.6 Å². The number of fused-ring (bicyclic) bond motifs is 2. The van der Waals surface area contributed by atoms with Crippen molar-refractivity contribution in [3.63, 3.8) is 0 Å². The van der Waals surface area contributed by atoms with Gasteiger partial charge in [0.25, 0.3) is 0 Å². The highest BCUT2D eigenvalue weighted by Gasteiger charge is 2.40. The summed E-state index contributed by atoms with van der Waals surface area (Å²) in [5.41, 5.74) is 0.636. The van der Waals surface area contributed by atoms with Crippen molar-refractivity contribution >= 4 is 17.5 Å². The molecule has 5 nitrogen and oxygen atoms in total. The van der Waals surface area contributed by atoms with E-state index in [0.717, 1.165) is 18.3 Å². The molecule has 5 heteroatoms. The Morgan fingerprint density at radius 2 is 2.04 bits per heavy atom. The molecule has 2 bridgehead atoms. The van der Waals surface area contributed by atoms with Crippen LogP contribution in [-0.4, -0.2) is 36.9 Å². The molecule has 2 saturated carbocycles. The number of hydrogen-bond donors (Lipinski definition) is 1. The Hall–Kier alpha value is -2.04. The van der Waals surface area contributed by atoms with Gasteiger partial charge in [0.15, 0.2) is 0 Å². The molecule has 3 atom stereocenters. The van der Waals surface area contributed by atoms with Crippen LogP contribution < -0.4 is 10.1 Å². The molecule has 0 aromatic heterocycles. The third-order valence-corrected chi connectivity index (χ3v) is 5.88. The molecular weight excluding hydrogens is 328 g/mol. The molecule has 2 fully saturated rings. The Labute approximate surface area is 156 Å². The molecular formula is C21H30N2O3. The van der Waals surface area contributed by atoms with Gasteiger partial charge in [-0.3, -0.25) is 9.59 Å². The summed E-state index contributed by atoms with van der Waals surface area (Å²) in [7, 11) is 1.58. The van der Waals surface area contributed by atoms with E-state index in [-0.39, 0.29) is 18.4 Å². The van der Waals surface area contributed by atoms with Crippen molar-refractivity contribution in [3.8, 4) is 5.75 Å². The predicted octanol–water partition coefficient (Wildman–Crippen LogP) is 3.70. The summed E-state index contributed by atoms with van der Waals surface area (Å²) in [5.74, 6) is 2.67. The van der Waals surface area contributed by atoms with Crippen LogP contribution in [0.15, 0.2) is 24.3 Å². The molecule has 0 aliphatic heterocycles. The number of hydrogen-bond acceptors (Lipinski definition) is 3. The number of carbonyl (C=O) groups is 2. The second kappa shape index (κ2) is 8.56. The molecule has 2 amide bonds. The van der Waals surface area contributed by atoms with Crippen LogP contribution in [0.2, 0.25) is 0 Å². The van der Waals surface area contributed by atoms with Gasteiger partial charge in [-0.15, -0.1) is 0 Å². The molecule has 3 unspecified atom stereocenters. The highest BCUT2D eigenvalue weighted by Crippen LogP contribution is 2.49. The van der Waals surface area contributed by atoms with Gasteiger partial charge < -0.3 is 15.0 Å². The van der Waals surface area contributed by atoms with Crippen LogP contribution in [0.1, 0.15) is 45.4 Å². The first kappa shape index (κ1) is 18.7. The van der Waals surface area contributed by atoms with Gasteiger partial charge in [-0.2, -0.15) is 0 Å². The molecule has 1 aromatic carbocycles. The van der Waals surface area contributed by atoms with Crippen molar-refractivity contribution in [1.29, 1.82) is 0 Å². The summed E-state index contributed by atoms with van der Waals surface area (Å²) in [6, 6.07) is 7.32. The summed E-state index contributed by atoms with van der Waals surface area (Å²) in [6.45, 7) is 2.76. The molecule has 2 aliphatic rings. The second-order valence-electron chi connectivity index (χ2n) is 7.70. The monoisotopic (exact) mass is 358 g/mol. The maximum absolute atomic E-state index is 12.8. The van der Waals surface area contributed by atoms with Crippen LogP contribution in [0.4, 0.5) is 5.69 Å². The summed E-state index contributed by atoms with van der Waals surface area (Å²) >= 11 is 0. The number of methoxy groups -OCH3 is 1. The molecule has 2 aliphatic carbocycles. The number of carbonyl (C=O) groups excluding carboxylic acids is 2. The molecule has 1 aromatic rings. The number of nitrogens with zero attached hydrogens (tertiary/aromatic N) is 1. The van der Waals surface area contributed by atoms with Gasteiger partial charge in [-0.25, -0.2) is 0 Å². The minimum atomic E-state index is -0.177. The van der Waals surface area contributed by atoms with Crippen molar-refractivity contribution in [2.24, 2.45) is 17.8 Å². The summed E-state index contributed by atoms with van der Waals surface area (Å²) in [6.07, 6.45) is 6.58. The van der Waals surface area contributed by atoms with Gasteiger partial charge in [-0.1, -0.05) is 25.5 Å². The third kappa shape index (κ3) is 4.37. The lowest BCUT2D eigenvalue weighted by Gasteiger charge is -2.26. The highest BCUT2D eigenvalue weighted by atomic mass is 16.5. The Kier molecular flexibility index (Phi) is 6.17. The number of nitrogens with one attached hydrogen (secondary N) is 1. The smallest absolute Gasteiger partial charge is 0.244 e. The van der Waals surface area contributed by atoms with E-state index in [1.54, 1.807) is 24.1 Å². The number of anilines is 1. The van der Waals surface area contributed by atoms with E-state index in [1.165, 1.54) is 25.7 Å². The minimum absolute atomic E-state index is 0.103. The van der Waals surface area contributed by atoms with E-state index < -0.39 is 0 Å². The van der Waals surface area contributed by atoms with Crippen molar-refractivity contribution < 1.29 is 14.3 Å². The molecule has 1 N–H and O–H groups in total. The zero-order valence-corrected chi connectivity index (χ0v) is 15.9. The average Bonchev–Trinajstić information content (AvgIpc) is 3.24. The van der Waals surface area contributed by atoms with Crippen LogP contribution in [-0.2, 0) is 9.59 Å². The number of para-hydroxylation sites is 2. The SMILES string of the molecule is CCCN(CC(=O)Nc1ccccc1OC)C(=O)CC1CC2CCC1C2. The minimum Gasteiger partial charge on any atom is -0.495 e. The third-order valence-electron chi connectivity index (χ3n) is 5.88. The van der Waals surface area contributed by atoms with Crippen molar-refractivity contribution in [2.45, 2.75) is 45.4 Å². The summed E-state index contributed by atoms with van der Waals surface area (Å²) < 4.78 is 5.27. The lowest BCUT2D eigenvalue weighted by atomic mass is 9.86. The zero-order valence-electron chi connectivity index (χ0n) is 15.9. The molecule has 0 spiro atoms. The van der Waals surface area contributed by atoms with E-state index in [2.05, 4.69) is 5.32 Å². The summed E-state index contributed by atoms with van der Waals surface area (Å²) in [5, 5.41) is 2.87. The van der Waals surface area contributed by atoms with E-state index >= 15 is 0 Å². The lowest BCUT2D eigenvalue weighted by molar-refractivity contribution is -0.135. The van der Waals surface area contributed by atoms with Gasteiger partial charge in [0.1, 0.15) is 5.75 Å². The van der Waals surface area contributed by atoms with Gasteiger partial charge >= 0.3 is 0 Å². The van der Waals surface area contributed by atoms with Gasteiger partial charge in [0, 0.05) is 13.0 Å². The first-order valence-electron chi connectivity index (χ1n) is 9.81. The maximum Gasteiger partial charge on any atom is 0.244 e. The van der Waals surface area contributed by atoms with Crippen molar-refractivity contribution in [2.75, 3.05) is 25.5 Å². The van der Waals surface area contributed by atoms with Gasteiger partial charge in [0.05, 0.1) is 19.3 Å². The van der Waals surface area contributed by atoms with Crippen LogP contribution in [0, 0.1) is 17.8 Å². The average molecular weight is 358 g/mol. The fourth-order valence-corrected chi connectivity index (χ4v) is 4.65. The number of benzene rings is 1. The normalized spacial score (nSPS) is 23.7. The number of amides is 2. The Morgan fingerprint density at radius 1 is 1.23 bits per heavy atom. The summed E-state index contributed by atoms with van der Waals surface area (Å²) in [4.78, 5) is 27.0. The number of rotatable bonds is 8. The lowest BCUT2D eigenvalue weighted by Crippen LogP contribution is -2.39. The standard InChI is InChI=1S/C21H30N2O3/c1-3-10-23(21(25)13-17-12-15-8-9-16(17)11-15)14-20(24)22-18-6-4-5-7-19(18)26-2/h4-7,15-17H,3,8-14H2,1-2H3,(H,22,24). The largest absolute Gasteiger partial charge is 0.495 e. The van der Waals surface area contributed by atoms with Gasteiger partial charge in [0.2, 0.25) is 11.8 Å². The van der Waals surface area contributed by atoms with E-state index in [1.807, 2.05) is 19.1 Å². The van der Waals surface area contributed by atoms with Gasteiger partial charge in [-0.05, 0) is 55.6 Å². The predicted molar refractivity (Wildman–Crippen MR) is 102 cm³/mol. The fraction of sp³-hybridized carbons (Fsp3) is 0.619. The zero-order chi connectivity index (χ0) is 18.5. The van der Waals surface area contributed by atoms with Crippen molar-refractivity contribution in [3.05, 3.63) is 24.3 Å². The highest BCUT2D eigenvalue weighted by molar-refractivity contribution is 5.95. The Morgan fingerprint density at radius 3 is 2.69 bits per heavy atom. The van der Waals surface area contributed by atoms with Crippen LogP contribution in [0.3, 0.4) is 0 Å². The first-order valence-corrected chi connectivity index (χ1v) is 9.81. The second-order valence-corrected chi connectivity index (χ2v) is 7.70. The van der Waals surface area contributed by atoms with E-state index in [4.69, 9.17) is 4.74 Å². The molecule has 3 rings (SSSR count). The molecule has 0 heterocycles. The molecule has 142 valence electrons. The number of ether oxygens (including phenoxy) is 1. The van der Waals surface area contributed by atoms with Crippen LogP contribution in [0.25, 0.3) is 0 Å². The van der Waals surface area contributed by atoms with Crippen LogP contribution >= 0.6 is 0 Å². The molecule has 26 heavy (non-hydrogen) atoms. The van der Waals surface area contributed by atoms with E-state index in [9.17, 15) is 9.59 Å². The Bertz CT molecular complexity index is 646. The molecule has 0 saturated heterocycles. The van der Waals surface area contributed by atoms with Crippen molar-refractivity contribution in [1.82, 2.24) is 4.90 Å². The maximum atomic E-state index is 12.8. The fourth-order valence-electron chi connectivity index (χ4n) is 4.65. The van der Waals surface area contributed by atoms with Crippen LogP contribution in [0.5, 0.6) is 5.75 Å². The molecule has 0 radical (unpaired) electrons. The quantitative estimate of drug-likeness (QED) is 0.771.